The highest BCUT2D eigenvalue weighted by atomic mass is 32.1. The molecule has 0 aliphatic carbocycles. The van der Waals surface area contributed by atoms with E-state index >= 15 is 0 Å². The molecule has 4 nitrogen and oxygen atoms in total. The Kier molecular flexibility index (Phi) is 5.80. The van der Waals surface area contributed by atoms with Crippen LogP contribution in [0.4, 0.5) is 8.78 Å². The first-order valence-electron chi connectivity index (χ1n) is 7.39. The van der Waals surface area contributed by atoms with Gasteiger partial charge >= 0.3 is 5.97 Å². The lowest BCUT2D eigenvalue weighted by molar-refractivity contribution is 0.0701. The zero-order valence-electron chi connectivity index (χ0n) is 14.0. The first-order chi connectivity index (χ1) is 12.2. The summed E-state index contributed by atoms with van der Waals surface area (Å²) < 4.78 is 27.5. The number of thiazole rings is 1. The summed E-state index contributed by atoms with van der Waals surface area (Å²) in [4.78, 5) is 15.5. The Balaban J connectivity index is 2.51. The maximum absolute atomic E-state index is 14.1. The van der Waals surface area contributed by atoms with Crippen molar-refractivity contribution in [3.63, 3.8) is 0 Å². The van der Waals surface area contributed by atoms with Crippen LogP contribution in [0, 0.1) is 29.9 Å². The molecule has 1 aromatic heterocycles. The van der Waals surface area contributed by atoms with E-state index in [1.54, 1.807) is 19.9 Å². The van der Waals surface area contributed by atoms with Gasteiger partial charge in [-0.2, -0.15) is 5.26 Å². The van der Waals surface area contributed by atoms with Gasteiger partial charge in [-0.3, -0.25) is 0 Å². The molecule has 132 valence electrons. The average molecular weight is 372 g/mol. The number of nitriles is 1. The van der Waals surface area contributed by atoms with Gasteiger partial charge in [-0.25, -0.2) is 18.6 Å². The molecule has 0 saturated heterocycles. The number of halogens is 2. The summed E-state index contributed by atoms with van der Waals surface area (Å²) in [6.07, 6.45) is 3.00. The van der Waals surface area contributed by atoms with Gasteiger partial charge in [0.1, 0.15) is 21.5 Å². The number of benzene rings is 1. The fraction of sp³-hybridized carbons (Fsp3) is 0.105. The topological polar surface area (TPSA) is 74.0 Å². The zero-order chi connectivity index (χ0) is 19.4. The lowest BCUT2D eigenvalue weighted by atomic mass is 9.98. The summed E-state index contributed by atoms with van der Waals surface area (Å²) in [6.45, 7) is 6.87. The smallest absolute Gasteiger partial charge is 0.347 e. The number of carboxylic acid groups (broad SMARTS) is 1. The molecule has 1 heterocycles. The SMILES string of the molecule is C=C(C#N)/C(=C\C=C(/C)c1nc(C)c(C(=O)O)s1)c1cc(F)ccc1F. The molecule has 1 aromatic carbocycles. The number of hydrogen-bond donors (Lipinski definition) is 1. The number of rotatable bonds is 5. The molecule has 0 amide bonds. The molecule has 0 spiro atoms. The Morgan fingerprint density at radius 3 is 2.65 bits per heavy atom. The molecule has 0 aliphatic heterocycles. The van der Waals surface area contributed by atoms with E-state index in [1.807, 2.05) is 6.07 Å². The van der Waals surface area contributed by atoms with Crippen LogP contribution in [-0.4, -0.2) is 16.1 Å². The highest BCUT2D eigenvalue weighted by molar-refractivity contribution is 7.14. The van der Waals surface area contributed by atoms with Crippen LogP contribution < -0.4 is 0 Å². The van der Waals surface area contributed by atoms with Crippen LogP contribution in [0.5, 0.6) is 0 Å². The van der Waals surface area contributed by atoms with Crippen LogP contribution in [0.3, 0.4) is 0 Å². The second-order valence-corrected chi connectivity index (χ2v) is 6.38. The molecule has 7 heteroatoms. The minimum absolute atomic E-state index is 0.0277. The van der Waals surface area contributed by atoms with Crippen LogP contribution in [0.2, 0.25) is 0 Å². The highest BCUT2D eigenvalue weighted by Gasteiger charge is 2.15. The van der Waals surface area contributed by atoms with Gasteiger partial charge < -0.3 is 5.11 Å². The van der Waals surface area contributed by atoms with Gasteiger partial charge in [-0.15, -0.1) is 11.3 Å². The average Bonchev–Trinajstić information content (AvgIpc) is 2.99. The second kappa shape index (κ2) is 7.85. The number of aromatic nitrogens is 1. The molecule has 0 radical (unpaired) electrons. The van der Waals surface area contributed by atoms with Crippen molar-refractivity contribution in [3.05, 3.63) is 75.3 Å². The molecule has 0 atom stereocenters. The number of carbonyl (C=O) groups is 1. The standard InChI is InChI=1S/C19H14F2N2O2S/c1-10(18-23-12(3)17(26-18)19(24)25)4-6-14(11(2)9-22)15-8-13(20)5-7-16(15)21/h4-8H,2H2,1,3H3,(H,24,25)/b10-4+,14-6+. The second-order valence-electron chi connectivity index (χ2n) is 5.38. The molecule has 0 unspecified atom stereocenters. The lowest BCUT2D eigenvalue weighted by Gasteiger charge is -2.07. The number of aryl methyl sites for hydroxylation is 1. The first kappa shape index (κ1) is 19.2. The maximum Gasteiger partial charge on any atom is 0.347 e. The van der Waals surface area contributed by atoms with Crippen molar-refractivity contribution in [2.45, 2.75) is 13.8 Å². The van der Waals surface area contributed by atoms with Crippen LogP contribution in [0.1, 0.15) is 32.9 Å². The molecular weight excluding hydrogens is 358 g/mol. The van der Waals surface area contributed by atoms with Gasteiger partial charge in [0.15, 0.2) is 0 Å². The van der Waals surface area contributed by atoms with E-state index in [0.29, 0.717) is 16.3 Å². The van der Waals surface area contributed by atoms with Crippen LogP contribution in [0.15, 0.2) is 42.5 Å². The van der Waals surface area contributed by atoms with Crippen LogP contribution >= 0.6 is 11.3 Å². The van der Waals surface area contributed by atoms with E-state index in [-0.39, 0.29) is 21.6 Å². The quantitative estimate of drug-likeness (QED) is 0.592. The summed E-state index contributed by atoms with van der Waals surface area (Å²) in [5, 5.41) is 18.7. The normalized spacial score (nSPS) is 12.0. The Bertz CT molecular complexity index is 997. The summed E-state index contributed by atoms with van der Waals surface area (Å²) in [6, 6.07) is 4.78. The molecule has 2 aromatic rings. The fourth-order valence-electron chi connectivity index (χ4n) is 2.16. The molecule has 0 fully saturated rings. The number of carboxylic acids is 1. The molecular formula is C19H14F2N2O2S. The number of allylic oxidation sites excluding steroid dienone is 5. The lowest BCUT2D eigenvalue weighted by Crippen LogP contribution is -1.94. The number of hydrogen-bond acceptors (Lipinski definition) is 4. The Morgan fingerprint density at radius 2 is 2.08 bits per heavy atom. The summed E-state index contributed by atoms with van der Waals surface area (Å²) >= 11 is 1.01. The van der Waals surface area contributed by atoms with E-state index in [2.05, 4.69) is 11.6 Å². The fourth-order valence-corrected chi connectivity index (χ4v) is 3.05. The zero-order valence-corrected chi connectivity index (χ0v) is 14.8. The van der Waals surface area contributed by atoms with Crippen molar-refractivity contribution < 1.29 is 18.7 Å². The first-order valence-corrected chi connectivity index (χ1v) is 8.20. The summed E-state index contributed by atoms with van der Waals surface area (Å²) in [5.74, 6) is -2.38. The van der Waals surface area contributed by atoms with Gasteiger partial charge in [-0.05, 0) is 37.6 Å². The van der Waals surface area contributed by atoms with Gasteiger partial charge in [0.05, 0.1) is 17.3 Å². The van der Waals surface area contributed by atoms with Crippen molar-refractivity contribution in [2.24, 2.45) is 0 Å². The minimum atomic E-state index is -1.06. The summed E-state index contributed by atoms with van der Waals surface area (Å²) in [5.41, 5.74) is 1.04. The van der Waals surface area contributed by atoms with E-state index in [4.69, 9.17) is 10.4 Å². The third-order valence-electron chi connectivity index (χ3n) is 3.51. The van der Waals surface area contributed by atoms with Gasteiger partial charge in [0.2, 0.25) is 0 Å². The van der Waals surface area contributed by atoms with Crippen molar-refractivity contribution in [3.8, 4) is 6.07 Å². The van der Waals surface area contributed by atoms with Gasteiger partial charge in [0, 0.05) is 11.1 Å². The molecule has 1 N–H and O–H groups in total. The van der Waals surface area contributed by atoms with Crippen molar-refractivity contribution in [2.75, 3.05) is 0 Å². The third kappa shape index (κ3) is 4.10. The van der Waals surface area contributed by atoms with Crippen molar-refractivity contribution in [1.82, 2.24) is 4.98 Å². The largest absolute Gasteiger partial charge is 0.477 e. The number of nitrogens with zero attached hydrogens (tertiary/aromatic N) is 2. The Labute approximate surface area is 153 Å². The molecule has 26 heavy (non-hydrogen) atoms. The van der Waals surface area contributed by atoms with Crippen LogP contribution in [-0.2, 0) is 0 Å². The highest BCUT2D eigenvalue weighted by Crippen LogP contribution is 2.28. The Hall–Kier alpha value is -3.11. The minimum Gasteiger partial charge on any atom is -0.477 e. The third-order valence-corrected chi connectivity index (χ3v) is 4.79. The van der Waals surface area contributed by atoms with E-state index in [9.17, 15) is 13.6 Å². The molecule has 2 rings (SSSR count). The van der Waals surface area contributed by atoms with Crippen LogP contribution in [0.25, 0.3) is 11.1 Å². The summed E-state index contributed by atoms with van der Waals surface area (Å²) in [7, 11) is 0. The number of aromatic carboxylic acids is 1. The van der Waals surface area contributed by atoms with E-state index < -0.39 is 17.6 Å². The predicted molar refractivity (Wildman–Crippen MR) is 96.5 cm³/mol. The van der Waals surface area contributed by atoms with Gasteiger partial charge in [0.25, 0.3) is 0 Å². The Morgan fingerprint density at radius 1 is 1.38 bits per heavy atom. The van der Waals surface area contributed by atoms with Crippen molar-refractivity contribution >= 4 is 28.5 Å². The predicted octanol–water partition coefficient (Wildman–Crippen LogP) is 4.99. The maximum atomic E-state index is 14.1. The van der Waals surface area contributed by atoms with E-state index in [0.717, 1.165) is 29.5 Å². The molecule has 0 bridgehead atoms. The van der Waals surface area contributed by atoms with Crippen molar-refractivity contribution in [1.29, 1.82) is 5.26 Å². The molecule has 0 aliphatic rings. The van der Waals surface area contributed by atoms with Gasteiger partial charge in [-0.1, -0.05) is 18.7 Å². The molecule has 0 saturated carbocycles. The monoisotopic (exact) mass is 372 g/mol. The van der Waals surface area contributed by atoms with E-state index in [1.165, 1.54) is 6.08 Å².